The van der Waals surface area contributed by atoms with Gasteiger partial charge in [-0.05, 0) is 23.8 Å². The SMILES string of the molecule is Nc1cc(F)c(F)cc1C(=O)NCc1ccc(F)cc1. The Morgan fingerprint density at radius 1 is 1.05 bits per heavy atom. The molecule has 104 valence electrons. The van der Waals surface area contributed by atoms with Gasteiger partial charge in [-0.1, -0.05) is 12.1 Å². The molecule has 3 nitrogen and oxygen atoms in total. The fraction of sp³-hybridized carbons (Fsp3) is 0.0714. The minimum Gasteiger partial charge on any atom is -0.398 e. The quantitative estimate of drug-likeness (QED) is 0.849. The number of nitrogens with one attached hydrogen (secondary N) is 1. The van der Waals surface area contributed by atoms with Gasteiger partial charge in [0.1, 0.15) is 5.82 Å². The van der Waals surface area contributed by atoms with Crippen molar-refractivity contribution in [1.29, 1.82) is 0 Å². The third-order valence-electron chi connectivity index (χ3n) is 2.70. The zero-order valence-corrected chi connectivity index (χ0v) is 10.3. The van der Waals surface area contributed by atoms with Crippen LogP contribution in [-0.2, 0) is 6.54 Å². The molecule has 6 heteroatoms. The molecule has 0 spiro atoms. The molecule has 2 rings (SSSR count). The van der Waals surface area contributed by atoms with Crippen molar-refractivity contribution in [3.63, 3.8) is 0 Å². The number of anilines is 1. The van der Waals surface area contributed by atoms with Crippen molar-refractivity contribution >= 4 is 11.6 Å². The molecule has 0 unspecified atom stereocenters. The Morgan fingerprint density at radius 3 is 2.30 bits per heavy atom. The lowest BCUT2D eigenvalue weighted by Crippen LogP contribution is -2.24. The maximum atomic E-state index is 13.1. The molecular weight excluding hydrogens is 269 g/mol. The summed E-state index contributed by atoms with van der Waals surface area (Å²) < 4.78 is 38.7. The van der Waals surface area contributed by atoms with Crippen LogP contribution in [0, 0.1) is 17.5 Å². The van der Waals surface area contributed by atoms with Gasteiger partial charge in [0.15, 0.2) is 11.6 Å². The predicted octanol–water partition coefficient (Wildman–Crippen LogP) is 2.62. The van der Waals surface area contributed by atoms with Crippen LogP contribution < -0.4 is 11.1 Å². The van der Waals surface area contributed by atoms with E-state index in [-0.39, 0.29) is 23.6 Å². The van der Waals surface area contributed by atoms with E-state index in [9.17, 15) is 18.0 Å². The van der Waals surface area contributed by atoms with Crippen molar-refractivity contribution in [1.82, 2.24) is 5.32 Å². The Balaban J connectivity index is 2.09. The van der Waals surface area contributed by atoms with Crippen LogP contribution in [0.2, 0.25) is 0 Å². The number of carbonyl (C=O) groups excluding carboxylic acids is 1. The second kappa shape index (κ2) is 5.64. The van der Waals surface area contributed by atoms with Gasteiger partial charge in [-0.3, -0.25) is 4.79 Å². The summed E-state index contributed by atoms with van der Waals surface area (Å²) in [7, 11) is 0. The van der Waals surface area contributed by atoms with Crippen molar-refractivity contribution in [3.8, 4) is 0 Å². The molecule has 0 bridgehead atoms. The summed E-state index contributed by atoms with van der Waals surface area (Å²) in [5, 5.41) is 2.49. The Kier molecular flexibility index (Phi) is 3.93. The topological polar surface area (TPSA) is 55.1 Å². The highest BCUT2D eigenvalue weighted by Crippen LogP contribution is 2.17. The zero-order chi connectivity index (χ0) is 14.7. The molecule has 0 aliphatic heterocycles. The molecule has 0 saturated heterocycles. The standard InChI is InChI=1S/C14H11F3N2O/c15-9-3-1-8(2-4-9)7-19-14(20)10-5-11(16)12(17)6-13(10)18/h1-6H,7,18H2,(H,19,20). The fourth-order valence-corrected chi connectivity index (χ4v) is 1.64. The first-order valence-corrected chi connectivity index (χ1v) is 5.74. The van der Waals surface area contributed by atoms with E-state index >= 15 is 0 Å². The monoisotopic (exact) mass is 280 g/mol. The Hall–Kier alpha value is -2.50. The van der Waals surface area contributed by atoms with Crippen molar-refractivity contribution in [2.75, 3.05) is 5.73 Å². The van der Waals surface area contributed by atoms with Gasteiger partial charge in [-0.2, -0.15) is 0 Å². The minimum atomic E-state index is -1.15. The van der Waals surface area contributed by atoms with Gasteiger partial charge in [0, 0.05) is 18.3 Å². The maximum Gasteiger partial charge on any atom is 0.253 e. The summed E-state index contributed by atoms with van der Waals surface area (Å²) in [5.41, 5.74) is 5.83. The van der Waals surface area contributed by atoms with Gasteiger partial charge in [0.05, 0.1) is 5.56 Å². The lowest BCUT2D eigenvalue weighted by Gasteiger charge is -2.08. The van der Waals surface area contributed by atoms with Gasteiger partial charge in [-0.25, -0.2) is 13.2 Å². The molecule has 2 aromatic carbocycles. The van der Waals surface area contributed by atoms with Crippen molar-refractivity contribution in [3.05, 3.63) is 65.0 Å². The number of rotatable bonds is 3. The molecule has 0 atom stereocenters. The van der Waals surface area contributed by atoms with E-state index in [1.54, 1.807) is 0 Å². The highest BCUT2D eigenvalue weighted by Gasteiger charge is 2.14. The van der Waals surface area contributed by atoms with E-state index in [1.165, 1.54) is 24.3 Å². The summed E-state index contributed by atoms with van der Waals surface area (Å²) in [6.07, 6.45) is 0. The lowest BCUT2D eigenvalue weighted by atomic mass is 10.1. The first-order valence-electron chi connectivity index (χ1n) is 5.74. The van der Waals surface area contributed by atoms with Crippen molar-refractivity contribution in [2.24, 2.45) is 0 Å². The Bertz CT molecular complexity index is 642. The van der Waals surface area contributed by atoms with E-state index in [0.29, 0.717) is 5.56 Å². The number of hydrogen-bond acceptors (Lipinski definition) is 2. The average Bonchev–Trinajstić information content (AvgIpc) is 2.42. The van der Waals surface area contributed by atoms with Crippen LogP contribution in [0.15, 0.2) is 36.4 Å². The summed E-state index contributed by atoms with van der Waals surface area (Å²) in [6.45, 7) is 0.123. The number of nitrogen functional groups attached to an aromatic ring is 1. The molecule has 3 N–H and O–H groups in total. The number of carbonyl (C=O) groups is 1. The van der Waals surface area contributed by atoms with Crippen LogP contribution >= 0.6 is 0 Å². The van der Waals surface area contributed by atoms with Crippen LogP contribution in [0.5, 0.6) is 0 Å². The molecule has 0 saturated carbocycles. The van der Waals surface area contributed by atoms with E-state index in [0.717, 1.165) is 12.1 Å². The average molecular weight is 280 g/mol. The molecule has 1 amide bonds. The van der Waals surface area contributed by atoms with Crippen LogP contribution in [0.1, 0.15) is 15.9 Å². The summed E-state index contributed by atoms with van der Waals surface area (Å²) >= 11 is 0. The number of hydrogen-bond donors (Lipinski definition) is 2. The third-order valence-corrected chi connectivity index (χ3v) is 2.70. The molecule has 2 aromatic rings. The largest absolute Gasteiger partial charge is 0.398 e. The Morgan fingerprint density at radius 2 is 1.65 bits per heavy atom. The molecule has 0 aliphatic rings. The normalized spacial score (nSPS) is 10.3. The molecule has 0 aliphatic carbocycles. The van der Waals surface area contributed by atoms with Gasteiger partial charge in [0.25, 0.3) is 5.91 Å². The molecular formula is C14H11F3N2O. The van der Waals surface area contributed by atoms with Crippen LogP contribution in [0.25, 0.3) is 0 Å². The molecule has 0 fully saturated rings. The van der Waals surface area contributed by atoms with Gasteiger partial charge in [-0.15, -0.1) is 0 Å². The molecule has 0 aromatic heterocycles. The smallest absolute Gasteiger partial charge is 0.253 e. The number of halogens is 3. The maximum absolute atomic E-state index is 13.1. The molecule has 0 radical (unpaired) electrons. The number of nitrogens with two attached hydrogens (primary N) is 1. The van der Waals surface area contributed by atoms with Crippen molar-refractivity contribution in [2.45, 2.75) is 6.54 Å². The van der Waals surface area contributed by atoms with E-state index < -0.39 is 17.5 Å². The van der Waals surface area contributed by atoms with Crippen LogP contribution in [0.3, 0.4) is 0 Å². The van der Waals surface area contributed by atoms with Gasteiger partial charge in [0.2, 0.25) is 0 Å². The summed E-state index contributed by atoms with van der Waals surface area (Å²) in [5.74, 6) is -3.28. The molecule has 20 heavy (non-hydrogen) atoms. The number of amides is 1. The van der Waals surface area contributed by atoms with Gasteiger partial charge < -0.3 is 11.1 Å². The first kappa shape index (κ1) is 13.9. The van der Waals surface area contributed by atoms with Gasteiger partial charge >= 0.3 is 0 Å². The fourth-order valence-electron chi connectivity index (χ4n) is 1.64. The van der Waals surface area contributed by atoms with Crippen molar-refractivity contribution < 1.29 is 18.0 Å². The second-order valence-electron chi connectivity index (χ2n) is 4.16. The van der Waals surface area contributed by atoms with E-state index in [4.69, 9.17) is 5.73 Å². The highest BCUT2D eigenvalue weighted by molar-refractivity contribution is 5.99. The van der Waals surface area contributed by atoms with E-state index in [1.807, 2.05) is 0 Å². The minimum absolute atomic E-state index is 0.123. The number of benzene rings is 2. The summed E-state index contributed by atoms with van der Waals surface area (Å²) in [6, 6.07) is 7.02. The summed E-state index contributed by atoms with van der Waals surface area (Å²) in [4.78, 5) is 11.8. The third kappa shape index (κ3) is 3.09. The Labute approximate surface area is 113 Å². The predicted molar refractivity (Wildman–Crippen MR) is 68.3 cm³/mol. The highest BCUT2D eigenvalue weighted by atomic mass is 19.2. The molecule has 0 heterocycles. The lowest BCUT2D eigenvalue weighted by molar-refractivity contribution is 0.0951. The second-order valence-corrected chi connectivity index (χ2v) is 4.16. The van der Waals surface area contributed by atoms with Crippen LogP contribution in [-0.4, -0.2) is 5.91 Å². The zero-order valence-electron chi connectivity index (χ0n) is 10.3. The van der Waals surface area contributed by atoms with E-state index in [2.05, 4.69) is 5.32 Å². The first-order chi connectivity index (χ1) is 9.47. The van der Waals surface area contributed by atoms with Crippen LogP contribution in [0.4, 0.5) is 18.9 Å².